The zero-order valence-electron chi connectivity index (χ0n) is 24.8. The summed E-state index contributed by atoms with van der Waals surface area (Å²) < 4.78 is 56.2. The molecule has 2 aromatic carbocycles. The molecule has 0 atom stereocenters. The Balaban J connectivity index is 1.13. The van der Waals surface area contributed by atoms with Gasteiger partial charge in [0.15, 0.2) is 0 Å². The van der Waals surface area contributed by atoms with E-state index >= 15 is 0 Å². The van der Waals surface area contributed by atoms with Crippen molar-refractivity contribution in [2.75, 3.05) is 44.3 Å². The van der Waals surface area contributed by atoms with Crippen molar-refractivity contribution < 1.29 is 32.2 Å². The summed E-state index contributed by atoms with van der Waals surface area (Å²) in [5.74, 6) is 1.38. The van der Waals surface area contributed by atoms with Crippen LogP contribution in [0, 0.1) is 6.92 Å². The van der Waals surface area contributed by atoms with E-state index in [-0.39, 0.29) is 11.6 Å². The molecule has 0 N–H and O–H groups in total. The maximum absolute atomic E-state index is 13.0. The lowest BCUT2D eigenvalue weighted by Gasteiger charge is -2.37. The number of piperazine rings is 1. The summed E-state index contributed by atoms with van der Waals surface area (Å²) in [6.45, 7) is 11.5. The number of aryl methyl sites for hydroxylation is 1. The van der Waals surface area contributed by atoms with Crippen LogP contribution in [-0.4, -0.2) is 61.0 Å². The molecule has 10 heteroatoms. The van der Waals surface area contributed by atoms with E-state index in [4.69, 9.17) is 14.2 Å². The minimum atomic E-state index is -4.40. The van der Waals surface area contributed by atoms with Gasteiger partial charge in [0, 0.05) is 43.4 Å². The predicted molar refractivity (Wildman–Crippen MR) is 157 cm³/mol. The lowest BCUT2D eigenvalue weighted by Crippen LogP contribution is -2.50. The normalized spacial score (nSPS) is 14.3. The lowest BCUT2D eigenvalue weighted by molar-refractivity contribution is -0.137. The Morgan fingerprint density at radius 2 is 1.57 bits per heavy atom. The third-order valence-corrected chi connectivity index (χ3v) is 7.04. The van der Waals surface area contributed by atoms with Crippen LogP contribution in [0.5, 0.6) is 11.5 Å². The molecule has 0 spiro atoms. The molecule has 228 valence electrons. The number of fused-ring (bicyclic) bond motifs is 1. The average Bonchev–Trinajstić information content (AvgIpc) is 2.93. The number of benzene rings is 2. The van der Waals surface area contributed by atoms with Gasteiger partial charge in [-0.05, 0) is 101 Å². The second-order valence-electron chi connectivity index (χ2n) is 11.6. The molecule has 0 bridgehead atoms. The Bertz CT molecular complexity index is 1350. The number of rotatable bonds is 10. The number of nitrogens with zero attached hydrogens (tertiary/aromatic N) is 3. The van der Waals surface area contributed by atoms with Crippen molar-refractivity contribution in [2.24, 2.45) is 0 Å². The third-order valence-electron chi connectivity index (χ3n) is 7.04. The number of unbranched alkanes of at least 4 members (excludes halogenated alkanes) is 3. The topological polar surface area (TPSA) is 64.1 Å². The van der Waals surface area contributed by atoms with Gasteiger partial charge in [-0.2, -0.15) is 13.2 Å². The fourth-order valence-corrected chi connectivity index (χ4v) is 4.88. The molecule has 1 aliphatic rings. The molecule has 0 unspecified atom stereocenters. The van der Waals surface area contributed by atoms with E-state index in [9.17, 15) is 18.0 Å². The summed E-state index contributed by atoms with van der Waals surface area (Å²) in [6, 6.07) is 11.3. The number of anilines is 1. The van der Waals surface area contributed by atoms with E-state index in [2.05, 4.69) is 28.9 Å². The largest absolute Gasteiger partial charge is 0.494 e. The first kappa shape index (κ1) is 31.3. The van der Waals surface area contributed by atoms with Gasteiger partial charge in [0.2, 0.25) is 0 Å². The highest BCUT2D eigenvalue weighted by Crippen LogP contribution is 2.33. The van der Waals surface area contributed by atoms with Crippen LogP contribution in [0.1, 0.15) is 57.6 Å². The molecule has 3 aromatic rings. The van der Waals surface area contributed by atoms with Crippen molar-refractivity contribution in [1.82, 2.24) is 9.88 Å². The van der Waals surface area contributed by atoms with Gasteiger partial charge in [0.1, 0.15) is 17.1 Å². The number of aromatic nitrogens is 1. The second-order valence-corrected chi connectivity index (χ2v) is 11.6. The van der Waals surface area contributed by atoms with E-state index in [1.807, 2.05) is 26.8 Å². The molecule has 1 amide bonds. The average molecular weight is 588 g/mol. The van der Waals surface area contributed by atoms with Gasteiger partial charge in [0.25, 0.3) is 0 Å². The zero-order valence-corrected chi connectivity index (χ0v) is 24.8. The standard InChI is InChI=1S/C32H40F3N3O4/c1-23-21-25(10-12-28(23)37-15-17-38(18-16-37)30(39)42-31(2,3)4)40-19-7-5-6-8-20-41-29-13-14-36-27-22-24(32(33,34)35)9-11-26(27)29/h9-14,21-22H,5-8,15-20H2,1-4H3. The van der Waals surface area contributed by atoms with Crippen LogP contribution in [0.2, 0.25) is 0 Å². The second kappa shape index (κ2) is 13.5. The smallest absolute Gasteiger partial charge is 0.416 e. The van der Waals surface area contributed by atoms with E-state index < -0.39 is 17.3 Å². The number of amides is 1. The number of halogens is 3. The molecular formula is C32H40F3N3O4. The maximum Gasteiger partial charge on any atom is 0.416 e. The third kappa shape index (κ3) is 8.66. The Morgan fingerprint density at radius 1 is 0.881 bits per heavy atom. The minimum Gasteiger partial charge on any atom is -0.494 e. The summed E-state index contributed by atoms with van der Waals surface area (Å²) in [4.78, 5) is 20.4. The van der Waals surface area contributed by atoms with Crippen LogP contribution in [0.4, 0.5) is 23.7 Å². The van der Waals surface area contributed by atoms with Crippen LogP contribution < -0.4 is 14.4 Å². The molecule has 0 radical (unpaired) electrons. The first-order chi connectivity index (χ1) is 19.9. The number of carbonyl (C=O) groups excluding carboxylic acids is 1. The van der Waals surface area contributed by atoms with Crippen LogP contribution >= 0.6 is 0 Å². The van der Waals surface area contributed by atoms with Crippen LogP contribution in [-0.2, 0) is 10.9 Å². The predicted octanol–water partition coefficient (Wildman–Crippen LogP) is 7.64. The van der Waals surface area contributed by atoms with Crippen molar-refractivity contribution >= 4 is 22.7 Å². The van der Waals surface area contributed by atoms with Crippen molar-refractivity contribution in [3.63, 3.8) is 0 Å². The zero-order chi connectivity index (χ0) is 30.3. The number of alkyl halides is 3. The van der Waals surface area contributed by atoms with Gasteiger partial charge in [-0.3, -0.25) is 4.98 Å². The highest BCUT2D eigenvalue weighted by molar-refractivity contribution is 5.85. The molecule has 1 aliphatic heterocycles. The van der Waals surface area contributed by atoms with Crippen LogP contribution in [0.25, 0.3) is 10.9 Å². The molecule has 2 heterocycles. The summed E-state index contributed by atoms with van der Waals surface area (Å²) in [5.41, 5.74) is 1.33. The Hall–Kier alpha value is -3.69. The van der Waals surface area contributed by atoms with E-state index in [0.717, 1.165) is 67.9 Å². The van der Waals surface area contributed by atoms with Crippen LogP contribution in [0.3, 0.4) is 0 Å². The minimum absolute atomic E-state index is 0.261. The van der Waals surface area contributed by atoms with Crippen molar-refractivity contribution in [3.05, 3.63) is 59.8 Å². The molecule has 0 saturated carbocycles. The molecule has 42 heavy (non-hydrogen) atoms. The summed E-state index contributed by atoms with van der Waals surface area (Å²) >= 11 is 0. The Morgan fingerprint density at radius 3 is 2.21 bits per heavy atom. The van der Waals surface area contributed by atoms with Crippen molar-refractivity contribution in [1.29, 1.82) is 0 Å². The van der Waals surface area contributed by atoms with Gasteiger partial charge in [0.05, 0.1) is 24.3 Å². The fraction of sp³-hybridized carbons (Fsp3) is 0.500. The molecule has 7 nitrogen and oxygen atoms in total. The van der Waals surface area contributed by atoms with Gasteiger partial charge in [-0.25, -0.2) is 4.79 Å². The first-order valence-corrected chi connectivity index (χ1v) is 14.5. The lowest BCUT2D eigenvalue weighted by atomic mass is 10.1. The van der Waals surface area contributed by atoms with Gasteiger partial charge < -0.3 is 24.0 Å². The summed E-state index contributed by atoms with van der Waals surface area (Å²) in [7, 11) is 0. The highest BCUT2D eigenvalue weighted by atomic mass is 19.4. The number of pyridine rings is 1. The van der Waals surface area contributed by atoms with Gasteiger partial charge in [-0.15, -0.1) is 0 Å². The van der Waals surface area contributed by atoms with Crippen molar-refractivity contribution in [3.8, 4) is 11.5 Å². The molecule has 1 aromatic heterocycles. The number of carbonyl (C=O) groups is 1. The van der Waals surface area contributed by atoms with E-state index in [0.29, 0.717) is 37.4 Å². The monoisotopic (exact) mass is 587 g/mol. The molecule has 4 rings (SSSR count). The fourth-order valence-electron chi connectivity index (χ4n) is 4.88. The Kier molecular flexibility index (Phi) is 10.1. The SMILES string of the molecule is Cc1cc(OCCCCCCOc2ccnc3cc(C(F)(F)F)ccc23)ccc1N1CCN(C(=O)OC(C)(C)C)CC1. The highest BCUT2D eigenvalue weighted by Gasteiger charge is 2.31. The summed E-state index contributed by atoms with van der Waals surface area (Å²) in [6.07, 6.45) is 0.484. The molecular weight excluding hydrogens is 547 g/mol. The van der Waals surface area contributed by atoms with Gasteiger partial charge in [-0.1, -0.05) is 0 Å². The molecule has 1 fully saturated rings. The maximum atomic E-state index is 13.0. The quantitative estimate of drug-likeness (QED) is 0.227. The van der Waals surface area contributed by atoms with Gasteiger partial charge >= 0.3 is 12.3 Å². The summed E-state index contributed by atoms with van der Waals surface area (Å²) in [5, 5.41) is 0.572. The molecule has 1 saturated heterocycles. The van der Waals surface area contributed by atoms with Crippen molar-refractivity contribution in [2.45, 2.75) is 65.2 Å². The molecule has 0 aliphatic carbocycles. The first-order valence-electron chi connectivity index (χ1n) is 14.5. The number of hydrogen-bond acceptors (Lipinski definition) is 6. The van der Waals surface area contributed by atoms with E-state index in [1.54, 1.807) is 11.0 Å². The Labute approximate surface area is 245 Å². The number of hydrogen-bond donors (Lipinski definition) is 0. The number of ether oxygens (including phenoxy) is 3. The van der Waals surface area contributed by atoms with E-state index in [1.165, 1.54) is 12.3 Å². The van der Waals surface area contributed by atoms with Crippen LogP contribution in [0.15, 0.2) is 48.7 Å².